The van der Waals surface area contributed by atoms with E-state index >= 15 is 0 Å². The first kappa shape index (κ1) is 11.1. The van der Waals surface area contributed by atoms with Gasteiger partial charge in [-0.2, -0.15) is 0 Å². The largest absolute Gasteiger partial charge is 0.468 e. The summed E-state index contributed by atoms with van der Waals surface area (Å²) in [4.78, 5) is 11.4. The van der Waals surface area contributed by atoms with Crippen molar-refractivity contribution in [1.82, 2.24) is 10.9 Å². The topological polar surface area (TPSA) is 76.4 Å². The Hall–Kier alpha value is -1.43. The average Bonchev–Trinajstić information content (AvgIpc) is 2.71. The minimum Gasteiger partial charge on any atom is -0.468 e. The molecule has 0 aliphatic carbocycles. The Morgan fingerprint density at radius 1 is 1.31 bits per heavy atom. The van der Waals surface area contributed by atoms with E-state index in [0.717, 1.165) is 5.56 Å². The summed E-state index contributed by atoms with van der Waals surface area (Å²) in [6.07, 6.45) is 0. The van der Waals surface area contributed by atoms with Crippen LogP contribution in [0.25, 0.3) is 0 Å². The van der Waals surface area contributed by atoms with E-state index in [1.165, 1.54) is 7.11 Å². The first-order valence-corrected chi connectivity index (χ1v) is 5.13. The summed E-state index contributed by atoms with van der Waals surface area (Å²) in [5.41, 5.74) is 12.9. The first-order valence-electron chi connectivity index (χ1n) is 5.13. The van der Waals surface area contributed by atoms with Crippen LogP contribution < -0.4 is 16.6 Å². The van der Waals surface area contributed by atoms with Gasteiger partial charge in [0.15, 0.2) is 0 Å². The van der Waals surface area contributed by atoms with Crippen LogP contribution in [0, 0.1) is 0 Å². The maximum Gasteiger partial charge on any atom is 0.325 e. The molecule has 5 heteroatoms. The highest BCUT2D eigenvalue weighted by Crippen LogP contribution is 2.21. The van der Waals surface area contributed by atoms with E-state index in [1.807, 2.05) is 30.3 Å². The Bertz CT molecular complexity index is 369. The predicted octanol–water partition coefficient (Wildman–Crippen LogP) is -0.296. The molecule has 16 heavy (non-hydrogen) atoms. The molecule has 0 spiro atoms. The number of benzene rings is 1. The van der Waals surface area contributed by atoms with Gasteiger partial charge in [-0.15, -0.1) is 0 Å². The maximum atomic E-state index is 11.4. The fourth-order valence-corrected chi connectivity index (χ4v) is 1.87. The van der Waals surface area contributed by atoms with E-state index in [9.17, 15) is 4.79 Å². The van der Waals surface area contributed by atoms with Gasteiger partial charge in [-0.25, -0.2) is 10.9 Å². The SMILES string of the molecule is COC(=O)C1NNC(c2ccccc2)C1N. The zero-order valence-electron chi connectivity index (χ0n) is 9.01. The lowest BCUT2D eigenvalue weighted by molar-refractivity contribution is -0.143. The minimum absolute atomic E-state index is 0.0784. The fraction of sp³-hybridized carbons (Fsp3) is 0.364. The molecule has 5 nitrogen and oxygen atoms in total. The molecule has 3 atom stereocenters. The van der Waals surface area contributed by atoms with Crippen molar-refractivity contribution < 1.29 is 9.53 Å². The molecule has 1 aliphatic heterocycles. The molecule has 1 fully saturated rings. The molecular formula is C11H15N3O2. The van der Waals surface area contributed by atoms with Gasteiger partial charge in [-0.05, 0) is 5.56 Å². The molecule has 1 heterocycles. The molecule has 0 radical (unpaired) electrons. The van der Waals surface area contributed by atoms with Gasteiger partial charge in [-0.3, -0.25) is 4.79 Å². The zero-order valence-corrected chi connectivity index (χ0v) is 9.01. The lowest BCUT2D eigenvalue weighted by Gasteiger charge is -2.17. The standard InChI is InChI=1S/C11H15N3O2/c1-16-11(15)10-8(12)9(13-14-10)7-5-3-2-4-6-7/h2-6,8-10,13-14H,12H2,1H3. The molecule has 3 unspecified atom stereocenters. The zero-order chi connectivity index (χ0) is 11.5. The van der Waals surface area contributed by atoms with E-state index < -0.39 is 6.04 Å². The van der Waals surface area contributed by atoms with E-state index in [2.05, 4.69) is 15.6 Å². The van der Waals surface area contributed by atoms with Crippen molar-refractivity contribution >= 4 is 5.97 Å². The fourth-order valence-electron chi connectivity index (χ4n) is 1.87. The van der Waals surface area contributed by atoms with Crippen molar-refractivity contribution in [3.8, 4) is 0 Å². The monoisotopic (exact) mass is 221 g/mol. The van der Waals surface area contributed by atoms with Crippen molar-refractivity contribution in [2.24, 2.45) is 5.73 Å². The molecule has 1 saturated heterocycles. The van der Waals surface area contributed by atoms with Crippen LogP contribution in [0.1, 0.15) is 11.6 Å². The molecule has 4 N–H and O–H groups in total. The number of hydrazine groups is 1. The van der Waals surface area contributed by atoms with Crippen LogP contribution in [0.2, 0.25) is 0 Å². The Labute approximate surface area is 93.9 Å². The number of hydrogen-bond acceptors (Lipinski definition) is 5. The number of rotatable bonds is 2. The first-order chi connectivity index (χ1) is 7.74. The molecule has 0 bridgehead atoms. The molecule has 0 amide bonds. The predicted molar refractivity (Wildman–Crippen MR) is 59.2 cm³/mol. The van der Waals surface area contributed by atoms with Crippen LogP contribution >= 0.6 is 0 Å². The van der Waals surface area contributed by atoms with Gasteiger partial charge in [0.25, 0.3) is 0 Å². The second kappa shape index (κ2) is 4.61. The van der Waals surface area contributed by atoms with Gasteiger partial charge in [0.1, 0.15) is 6.04 Å². The Balaban J connectivity index is 2.13. The highest BCUT2D eigenvalue weighted by molar-refractivity contribution is 5.77. The third kappa shape index (κ3) is 1.92. The second-order valence-corrected chi connectivity index (χ2v) is 3.76. The number of nitrogens with two attached hydrogens (primary N) is 1. The summed E-state index contributed by atoms with van der Waals surface area (Å²) < 4.78 is 4.67. The quantitative estimate of drug-likeness (QED) is 0.598. The Kier molecular flexibility index (Phi) is 3.19. The van der Waals surface area contributed by atoms with Crippen molar-refractivity contribution in [2.75, 3.05) is 7.11 Å². The summed E-state index contributed by atoms with van der Waals surface area (Å²) >= 11 is 0. The smallest absolute Gasteiger partial charge is 0.325 e. The Morgan fingerprint density at radius 2 is 2.00 bits per heavy atom. The number of carbonyl (C=O) groups excluding carboxylic acids is 1. The minimum atomic E-state index is -0.504. The number of esters is 1. The molecule has 1 aromatic carbocycles. The van der Waals surface area contributed by atoms with Gasteiger partial charge in [-0.1, -0.05) is 30.3 Å². The lowest BCUT2D eigenvalue weighted by Crippen LogP contribution is -2.45. The third-order valence-corrected chi connectivity index (χ3v) is 2.78. The van der Waals surface area contributed by atoms with Crippen molar-refractivity contribution in [2.45, 2.75) is 18.1 Å². The van der Waals surface area contributed by atoms with Crippen LogP contribution in [-0.2, 0) is 9.53 Å². The van der Waals surface area contributed by atoms with Crippen molar-refractivity contribution in [3.63, 3.8) is 0 Å². The molecule has 1 aliphatic rings. The molecule has 1 aromatic rings. The summed E-state index contributed by atoms with van der Waals surface area (Å²) in [5, 5.41) is 0. The van der Waals surface area contributed by atoms with Crippen molar-refractivity contribution in [3.05, 3.63) is 35.9 Å². The summed E-state index contributed by atoms with van der Waals surface area (Å²) in [6, 6.07) is 8.84. The van der Waals surface area contributed by atoms with E-state index in [1.54, 1.807) is 0 Å². The van der Waals surface area contributed by atoms with Crippen LogP contribution in [0.5, 0.6) is 0 Å². The number of nitrogens with one attached hydrogen (secondary N) is 2. The summed E-state index contributed by atoms with van der Waals surface area (Å²) in [5.74, 6) is -0.349. The van der Waals surface area contributed by atoms with Crippen LogP contribution in [0.4, 0.5) is 0 Å². The normalized spacial score (nSPS) is 29.0. The van der Waals surface area contributed by atoms with E-state index in [-0.39, 0.29) is 18.1 Å². The number of carbonyl (C=O) groups is 1. The molecule has 2 rings (SSSR count). The Morgan fingerprint density at radius 3 is 2.62 bits per heavy atom. The third-order valence-electron chi connectivity index (χ3n) is 2.78. The van der Waals surface area contributed by atoms with Crippen LogP contribution in [0.3, 0.4) is 0 Å². The van der Waals surface area contributed by atoms with Gasteiger partial charge >= 0.3 is 5.97 Å². The highest BCUT2D eigenvalue weighted by Gasteiger charge is 2.38. The maximum absolute atomic E-state index is 11.4. The molecular weight excluding hydrogens is 206 g/mol. The summed E-state index contributed by atoms with van der Waals surface area (Å²) in [7, 11) is 1.35. The number of hydrogen-bond donors (Lipinski definition) is 3. The van der Waals surface area contributed by atoms with E-state index in [0.29, 0.717) is 0 Å². The van der Waals surface area contributed by atoms with Gasteiger partial charge < -0.3 is 10.5 Å². The lowest BCUT2D eigenvalue weighted by atomic mass is 9.97. The highest BCUT2D eigenvalue weighted by atomic mass is 16.5. The van der Waals surface area contributed by atoms with Crippen LogP contribution in [0.15, 0.2) is 30.3 Å². The molecule has 0 aromatic heterocycles. The summed E-state index contributed by atoms with van der Waals surface area (Å²) in [6.45, 7) is 0. The number of methoxy groups -OCH3 is 1. The van der Waals surface area contributed by atoms with E-state index in [4.69, 9.17) is 5.73 Å². The molecule has 0 saturated carbocycles. The van der Waals surface area contributed by atoms with Gasteiger partial charge in [0.2, 0.25) is 0 Å². The van der Waals surface area contributed by atoms with Crippen molar-refractivity contribution in [1.29, 1.82) is 0 Å². The van der Waals surface area contributed by atoms with Gasteiger partial charge in [0, 0.05) is 0 Å². The van der Waals surface area contributed by atoms with Gasteiger partial charge in [0.05, 0.1) is 19.2 Å². The molecule has 86 valence electrons. The number of ether oxygens (including phenoxy) is 1. The second-order valence-electron chi connectivity index (χ2n) is 3.76. The average molecular weight is 221 g/mol. The van der Waals surface area contributed by atoms with Crippen LogP contribution in [-0.4, -0.2) is 25.2 Å².